The predicted octanol–water partition coefficient (Wildman–Crippen LogP) is 2.68. The Bertz CT molecular complexity index is 384. The van der Waals surface area contributed by atoms with Gasteiger partial charge in [-0.1, -0.05) is 18.6 Å². The van der Waals surface area contributed by atoms with E-state index in [2.05, 4.69) is 11.4 Å². The number of hydrogen-bond donors (Lipinski definition) is 1. The molecule has 1 heterocycles. The minimum Gasteiger partial charge on any atom is -0.462 e. The summed E-state index contributed by atoms with van der Waals surface area (Å²) in [5, 5.41) is 3.48. The van der Waals surface area contributed by atoms with Crippen LogP contribution in [0.2, 0.25) is 0 Å². The van der Waals surface area contributed by atoms with E-state index in [0.29, 0.717) is 18.2 Å². The van der Waals surface area contributed by atoms with E-state index in [1.807, 2.05) is 25.1 Å². The van der Waals surface area contributed by atoms with Crippen LogP contribution in [0.1, 0.15) is 48.1 Å². The molecule has 0 aromatic heterocycles. The number of piperidine rings is 1. The quantitative estimate of drug-likeness (QED) is 0.816. The highest BCUT2D eigenvalue weighted by Gasteiger charge is 2.16. The van der Waals surface area contributed by atoms with Crippen molar-refractivity contribution in [2.75, 3.05) is 13.2 Å². The molecule has 1 saturated heterocycles. The van der Waals surface area contributed by atoms with Crippen molar-refractivity contribution in [3.63, 3.8) is 0 Å². The van der Waals surface area contributed by atoms with Crippen LogP contribution in [0.25, 0.3) is 0 Å². The van der Waals surface area contributed by atoms with Crippen molar-refractivity contribution in [1.29, 1.82) is 0 Å². The number of nitrogens with one attached hydrogen (secondary N) is 1. The molecule has 1 aliphatic heterocycles. The van der Waals surface area contributed by atoms with Crippen LogP contribution in [0.4, 0.5) is 0 Å². The van der Waals surface area contributed by atoms with Crippen LogP contribution < -0.4 is 5.32 Å². The van der Waals surface area contributed by atoms with Gasteiger partial charge in [0.25, 0.3) is 0 Å². The summed E-state index contributed by atoms with van der Waals surface area (Å²) in [6, 6.07) is 8.15. The summed E-state index contributed by atoms with van der Waals surface area (Å²) in [5.74, 6) is -0.231. The van der Waals surface area contributed by atoms with Crippen LogP contribution in [0.15, 0.2) is 24.3 Å². The van der Waals surface area contributed by atoms with Crippen LogP contribution in [0.5, 0.6) is 0 Å². The summed E-state index contributed by atoms with van der Waals surface area (Å²) in [6.07, 6.45) is 3.64. The maximum absolute atomic E-state index is 11.6. The van der Waals surface area contributed by atoms with Crippen LogP contribution in [-0.4, -0.2) is 19.1 Å². The van der Waals surface area contributed by atoms with Gasteiger partial charge in [-0.3, -0.25) is 0 Å². The number of ether oxygens (including phenoxy) is 1. The Balaban J connectivity index is 2.12. The predicted molar refractivity (Wildman–Crippen MR) is 67.0 cm³/mol. The van der Waals surface area contributed by atoms with Gasteiger partial charge in [0, 0.05) is 6.04 Å². The molecule has 1 aromatic carbocycles. The molecule has 2 rings (SSSR count). The van der Waals surface area contributed by atoms with Crippen molar-refractivity contribution in [1.82, 2.24) is 5.32 Å². The molecule has 92 valence electrons. The Morgan fingerprint density at radius 1 is 1.47 bits per heavy atom. The van der Waals surface area contributed by atoms with Gasteiger partial charge in [0.05, 0.1) is 12.2 Å². The summed E-state index contributed by atoms with van der Waals surface area (Å²) in [5.41, 5.74) is 1.84. The fraction of sp³-hybridized carbons (Fsp3) is 0.500. The molecule has 0 aliphatic carbocycles. The van der Waals surface area contributed by atoms with Gasteiger partial charge >= 0.3 is 5.97 Å². The molecule has 1 N–H and O–H groups in total. The molecule has 0 radical (unpaired) electrons. The average molecular weight is 233 g/mol. The van der Waals surface area contributed by atoms with Crippen LogP contribution in [0.3, 0.4) is 0 Å². The zero-order valence-corrected chi connectivity index (χ0v) is 10.2. The maximum Gasteiger partial charge on any atom is 0.338 e. The Hall–Kier alpha value is -1.35. The third kappa shape index (κ3) is 3.07. The summed E-state index contributed by atoms with van der Waals surface area (Å²) in [6.45, 7) is 3.31. The number of rotatable bonds is 3. The first-order valence-corrected chi connectivity index (χ1v) is 6.31. The summed E-state index contributed by atoms with van der Waals surface area (Å²) in [4.78, 5) is 11.6. The molecule has 3 heteroatoms. The van der Waals surface area contributed by atoms with E-state index in [1.54, 1.807) is 0 Å². The lowest BCUT2D eigenvalue weighted by Crippen LogP contribution is -2.26. The molecule has 1 fully saturated rings. The molecule has 17 heavy (non-hydrogen) atoms. The van der Waals surface area contributed by atoms with Gasteiger partial charge in [0.15, 0.2) is 0 Å². The second-order valence-corrected chi connectivity index (χ2v) is 4.35. The van der Waals surface area contributed by atoms with E-state index in [4.69, 9.17) is 4.74 Å². The largest absolute Gasteiger partial charge is 0.462 e. The van der Waals surface area contributed by atoms with Gasteiger partial charge in [-0.05, 0) is 44.0 Å². The Morgan fingerprint density at radius 2 is 2.35 bits per heavy atom. The maximum atomic E-state index is 11.6. The first-order valence-electron chi connectivity index (χ1n) is 6.31. The first kappa shape index (κ1) is 12.1. The van der Waals surface area contributed by atoms with Crippen molar-refractivity contribution >= 4 is 5.97 Å². The fourth-order valence-corrected chi connectivity index (χ4v) is 2.23. The van der Waals surface area contributed by atoms with E-state index in [9.17, 15) is 4.79 Å². The topological polar surface area (TPSA) is 38.3 Å². The van der Waals surface area contributed by atoms with Crippen molar-refractivity contribution in [2.24, 2.45) is 0 Å². The zero-order chi connectivity index (χ0) is 12.1. The van der Waals surface area contributed by atoms with E-state index >= 15 is 0 Å². The van der Waals surface area contributed by atoms with E-state index in [1.165, 1.54) is 18.4 Å². The molecular formula is C14H19NO2. The third-order valence-electron chi connectivity index (χ3n) is 3.11. The minimum absolute atomic E-state index is 0.231. The van der Waals surface area contributed by atoms with Crippen molar-refractivity contribution < 1.29 is 9.53 Å². The number of benzene rings is 1. The molecule has 3 nitrogen and oxygen atoms in total. The number of carbonyl (C=O) groups excluding carboxylic acids is 1. The van der Waals surface area contributed by atoms with Gasteiger partial charge in [0.1, 0.15) is 0 Å². The Morgan fingerprint density at radius 3 is 3.06 bits per heavy atom. The fourth-order valence-electron chi connectivity index (χ4n) is 2.23. The normalized spacial score (nSPS) is 19.9. The smallest absolute Gasteiger partial charge is 0.338 e. The Labute approximate surface area is 102 Å². The highest BCUT2D eigenvalue weighted by atomic mass is 16.5. The van der Waals surface area contributed by atoms with Crippen LogP contribution in [-0.2, 0) is 4.74 Å². The van der Waals surface area contributed by atoms with Crippen molar-refractivity contribution in [3.8, 4) is 0 Å². The number of esters is 1. The minimum atomic E-state index is -0.231. The van der Waals surface area contributed by atoms with Crippen LogP contribution in [0, 0.1) is 0 Å². The van der Waals surface area contributed by atoms with Gasteiger partial charge in [-0.25, -0.2) is 4.79 Å². The van der Waals surface area contributed by atoms with E-state index in [0.717, 1.165) is 13.0 Å². The lowest BCUT2D eigenvalue weighted by molar-refractivity contribution is 0.0526. The van der Waals surface area contributed by atoms with Gasteiger partial charge in [-0.15, -0.1) is 0 Å². The average Bonchev–Trinajstić information content (AvgIpc) is 2.40. The first-order chi connectivity index (χ1) is 8.31. The lowest BCUT2D eigenvalue weighted by atomic mass is 9.96. The molecule has 0 saturated carbocycles. The molecule has 0 bridgehead atoms. The summed E-state index contributed by atoms with van der Waals surface area (Å²) < 4.78 is 5.01. The van der Waals surface area contributed by atoms with E-state index in [-0.39, 0.29) is 5.97 Å². The lowest BCUT2D eigenvalue weighted by Gasteiger charge is -2.24. The highest BCUT2D eigenvalue weighted by molar-refractivity contribution is 5.89. The molecular weight excluding hydrogens is 214 g/mol. The Kier molecular flexibility index (Phi) is 4.15. The number of carbonyl (C=O) groups is 1. The van der Waals surface area contributed by atoms with Gasteiger partial charge in [-0.2, -0.15) is 0 Å². The second kappa shape index (κ2) is 5.82. The van der Waals surface area contributed by atoms with Crippen molar-refractivity contribution in [2.45, 2.75) is 32.2 Å². The summed E-state index contributed by atoms with van der Waals surface area (Å²) >= 11 is 0. The standard InChI is InChI=1S/C14H19NO2/c1-2-17-14(16)12-7-5-6-11(10-12)13-8-3-4-9-15-13/h5-7,10,13,15H,2-4,8-9H2,1H3/t13-/m1/s1. The monoisotopic (exact) mass is 233 g/mol. The molecule has 1 aliphatic rings. The molecule has 1 atom stereocenters. The summed E-state index contributed by atoms with van der Waals surface area (Å²) in [7, 11) is 0. The SMILES string of the molecule is CCOC(=O)c1cccc([C@H]2CCCCN2)c1. The zero-order valence-electron chi connectivity index (χ0n) is 10.2. The molecule has 0 amide bonds. The van der Waals surface area contributed by atoms with Crippen molar-refractivity contribution in [3.05, 3.63) is 35.4 Å². The second-order valence-electron chi connectivity index (χ2n) is 4.35. The number of hydrogen-bond acceptors (Lipinski definition) is 3. The van der Waals surface area contributed by atoms with E-state index < -0.39 is 0 Å². The third-order valence-corrected chi connectivity index (χ3v) is 3.11. The molecule has 0 spiro atoms. The highest BCUT2D eigenvalue weighted by Crippen LogP contribution is 2.23. The van der Waals surface area contributed by atoms with Crippen LogP contribution >= 0.6 is 0 Å². The van der Waals surface area contributed by atoms with Gasteiger partial charge in [0.2, 0.25) is 0 Å². The molecule has 0 unspecified atom stereocenters. The van der Waals surface area contributed by atoms with Gasteiger partial charge < -0.3 is 10.1 Å². The molecule has 1 aromatic rings.